The molecule has 2 aromatic rings. The van der Waals surface area contributed by atoms with Crippen molar-refractivity contribution in [2.45, 2.75) is 52.6 Å². The van der Waals surface area contributed by atoms with E-state index in [-0.39, 0.29) is 34.7 Å². The van der Waals surface area contributed by atoms with Crippen molar-refractivity contribution in [3.63, 3.8) is 0 Å². The zero-order chi connectivity index (χ0) is 26.0. The second kappa shape index (κ2) is 10.4. The number of rotatable bonds is 8. The second-order valence-electron chi connectivity index (χ2n) is 9.65. The van der Waals surface area contributed by atoms with E-state index in [4.69, 9.17) is 9.72 Å². The average Bonchev–Trinajstić information content (AvgIpc) is 3.48. The molecule has 3 heterocycles. The molecular formula is C26H31FN4O4S. The Balaban J connectivity index is 1.74. The van der Waals surface area contributed by atoms with Crippen LogP contribution < -0.4 is 14.4 Å². The van der Waals surface area contributed by atoms with E-state index < -0.39 is 21.7 Å². The van der Waals surface area contributed by atoms with Gasteiger partial charge in [-0.2, -0.15) is 0 Å². The predicted molar refractivity (Wildman–Crippen MR) is 138 cm³/mol. The Hall–Kier alpha value is -3.27. The van der Waals surface area contributed by atoms with Gasteiger partial charge in [0.15, 0.2) is 0 Å². The first-order valence-corrected chi connectivity index (χ1v) is 13.5. The van der Waals surface area contributed by atoms with Crippen LogP contribution in [0.2, 0.25) is 0 Å². The van der Waals surface area contributed by atoms with Crippen LogP contribution in [0.3, 0.4) is 0 Å². The first kappa shape index (κ1) is 25.8. The molecule has 1 saturated heterocycles. The number of aromatic nitrogens is 1. The standard InChI is InChI=1S/C26H31FN4O4S/c1-16(2)15-35-19-7-9-23(27)22(13-19)24-10-8-21(25(29-24)31-17(3)5-6-18(31)4)26(32)30-36(33,34)20-11-12-28-14-20/h7-13,16-18H,5-6,14-15H2,1-4H3,(H,30,32)/t17-,18+. The van der Waals surface area contributed by atoms with Gasteiger partial charge in [0.2, 0.25) is 0 Å². The number of hydrogen-bond donors (Lipinski definition) is 1. The van der Waals surface area contributed by atoms with Crippen LogP contribution in [-0.2, 0) is 10.0 Å². The SMILES string of the molecule is CC(C)COc1ccc(F)c(-c2ccc(C(=O)NS(=O)(=O)C3=CC=NC3)c(N3[C@H](C)CC[C@@H]3C)n2)c1. The highest BCUT2D eigenvalue weighted by molar-refractivity contribution is 7.94. The number of amides is 1. The minimum absolute atomic E-state index is 0.0126. The lowest BCUT2D eigenvalue weighted by atomic mass is 10.1. The van der Waals surface area contributed by atoms with Crippen molar-refractivity contribution in [2.24, 2.45) is 10.9 Å². The van der Waals surface area contributed by atoms with Gasteiger partial charge >= 0.3 is 0 Å². The highest BCUT2D eigenvalue weighted by Crippen LogP contribution is 2.35. The minimum atomic E-state index is -4.05. The summed E-state index contributed by atoms with van der Waals surface area (Å²) in [6.45, 7) is 8.58. The molecule has 2 atom stereocenters. The van der Waals surface area contributed by atoms with Gasteiger partial charge in [-0.1, -0.05) is 13.8 Å². The summed E-state index contributed by atoms with van der Waals surface area (Å²) >= 11 is 0. The number of carbonyl (C=O) groups is 1. The molecule has 1 aromatic carbocycles. The van der Waals surface area contributed by atoms with Crippen molar-refractivity contribution in [1.82, 2.24) is 9.71 Å². The number of pyridine rings is 1. The van der Waals surface area contributed by atoms with Gasteiger partial charge in [-0.15, -0.1) is 0 Å². The second-order valence-corrected chi connectivity index (χ2v) is 11.4. The largest absolute Gasteiger partial charge is 0.493 e. The van der Waals surface area contributed by atoms with Crippen LogP contribution in [0.4, 0.5) is 10.2 Å². The molecule has 10 heteroatoms. The van der Waals surface area contributed by atoms with Gasteiger partial charge < -0.3 is 9.64 Å². The van der Waals surface area contributed by atoms with Gasteiger partial charge in [-0.3, -0.25) is 9.79 Å². The average molecular weight is 515 g/mol. The first-order chi connectivity index (χ1) is 17.1. The fourth-order valence-corrected chi connectivity index (χ4v) is 5.36. The van der Waals surface area contributed by atoms with E-state index in [9.17, 15) is 17.6 Å². The van der Waals surface area contributed by atoms with Gasteiger partial charge in [0.25, 0.3) is 15.9 Å². The molecule has 0 aliphatic carbocycles. The summed E-state index contributed by atoms with van der Waals surface area (Å²) < 4.78 is 48.1. The van der Waals surface area contributed by atoms with Crippen molar-refractivity contribution >= 4 is 28.0 Å². The maximum atomic E-state index is 14.9. The van der Waals surface area contributed by atoms with Crippen LogP contribution in [0.15, 0.2) is 46.3 Å². The van der Waals surface area contributed by atoms with Gasteiger partial charge in [0.05, 0.1) is 29.3 Å². The summed E-state index contributed by atoms with van der Waals surface area (Å²) in [7, 11) is -4.05. The molecule has 1 fully saturated rings. The number of ether oxygens (including phenoxy) is 1. The number of aliphatic imine (C=N–C) groups is 1. The highest BCUT2D eigenvalue weighted by atomic mass is 32.2. The number of halogens is 1. The highest BCUT2D eigenvalue weighted by Gasteiger charge is 2.33. The molecule has 0 unspecified atom stereocenters. The molecule has 0 saturated carbocycles. The Morgan fingerprint density at radius 2 is 1.92 bits per heavy atom. The number of sulfonamides is 1. The fourth-order valence-electron chi connectivity index (χ4n) is 4.39. The fraction of sp³-hybridized carbons (Fsp3) is 0.423. The van der Waals surface area contributed by atoms with Gasteiger partial charge in [0, 0.05) is 23.9 Å². The number of anilines is 1. The van der Waals surface area contributed by atoms with Gasteiger partial charge in [-0.05, 0) is 69.0 Å². The Morgan fingerprint density at radius 3 is 2.56 bits per heavy atom. The Bertz CT molecular complexity index is 1310. The zero-order valence-electron chi connectivity index (χ0n) is 20.9. The molecule has 1 amide bonds. The minimum Gasteiger partial charge on any atom is -0.493 e. The molecule has 192 valence electrons. The summed E-state index contributed by atoms with van der Waals surface area (Å²) in [4.78, 5) is 23.8. The molecule has 4 rings (SSSR count). The maximum absolute atomic E-state index is 14.9. The quantitative estimate of drug-likeness (QED) is 0.563. The van der Waals surface area contributed by atoms with Crippen LogP contribution in [0, 0.1) is 11.7 Å². The van der Waals surface area contributed by atoms with E-state index >= 15 is 0 Å². The lowest BCUT2D eigenvalue weighted by molar-refractivity contribution is 0.0982. The number of allylic oxidation sites excluding steroid dienone is 1. The van der Waals surface area contributed by atoms with Crippen LogP contribution >= 0.6 is 0 Å². The first-order valence-electron chi connectivity index (χ1n) is 12.0. The van der Waals surface area contributed by atoms with Gasteiger partial charge in [-0.25, -0.2) is 22.5 Å². The van der Waals surface area contributed by atoms with E-state index in [1.165, 1.54) is 30.5 Å². The van der Waals surface area contributed by atoms with Crippen LogP contribution in [0.25, 0.3) is 11.3 Å². The van der Waals surface area contributed by atoms with E-state index in [0.29, 0.717) is 29.8 Å². The van der Waals surface area contributed by atoms with Crippen molar-refractivity contribution in [2.75, 3.05) is 18.1 Å². The molecule has 2 aliphatic rings. The molecule has 0 radical (unpaired) electrons. The summed E-state index contributed by atoms with van der Waals surface area (Å²) in [5.74, 6) is -0.117. The molecule has 1 N–H and O–H groups in total. The van der Waals surface area contributed by atoms with Gasteiger partial charge in [0.1, 0.15) is 17.4 Å². The number of nitrogens with one attached hydrogen (secondary N) is 1. The van der Waals surface area contributed by atoms with E-state index in [1.807, 2.05) is 32.6 Å². The third kappa shape index (κ3) is 5.43. The Kier molecular flexibility index (Phi) is 7.44. The Labute approximate surface area is 211 Å². The number of nitrogens with zero attached hydrogens (tertiary/aromatic N) is 3. The number of carbonyl (C=O) groups excluding carboxylic acids is 1. The summed E-state index contributed by atoms with van der Waals surface area (Å²) in [5, 5.41) is 0. The number of benzene rings is 1. The number of hydrogen-bond acceptors (Lipinski definition) is 7. The van der Waals surface area contributed by atoms with Crippen molar-refractivity contribution in [3.8, 4) is 17.0 Å². The van der Waals surface area contributed by atoms with Crippen LogP contribution in [0.5, 0.6) is 5.75 Å². The normalized spacial score (nSPS) is 19.6. The van der Waals surface area contributed by atoms with Crippen LogP contribution in [-0.4, -0.2) is 50.8 Å². The van der Waals surface area contributed by atoms with E-state index in [0.717, 1.165) is 12.8 Å². The van der Waals surface area contributed by atoms with Crippen LogP contribution in [0.1, 0.15) is 50.9 Å². The van der Waals surface area contributed by atoms with E-state index in [2.05, 4.69) is 9.71 Å². The molecule has 0 bridgehead atoms. The summed E-state index contributed by atoms with van der Waals surface area (Å²) in [5.41, 5.74) is 0.676. The Morgan fingerprint density at radius 1 is 1.19 bits per heavy atom. The van der Waals surface area contributed by atoms with Crippen molar-refractivity contribution in [3.05, 3.63) is 52.7 Å². The monoisotopic (exact) mass is 514 g/mol. The van der Waals surface area contributed by atoms with E-state index in [1.54, 1.807) is 12.1 Å². The molecule has 8 nitrogen and oxygen atoms in total. The van der Waals surface area contributed by atoms with Crippen molar-refractivity contribution < 1.29 is 22.3 Å². The lowest BCUT2D eigenvalue weighted by Crippen LogP contribution is -2.37. The molecule has 2 aliphatic heterocycles. The lowest BCUT2D eigenvalue weighted by Gasteiger charge is -2.29. The zero-order valence-corrected chi connectivity index (χ0v) is 21.7. The third-order valence-electron chi connectivity index (χ3n) is 6.30. The molecule has 1 aromatic heterocycles. The smallest absolute Gasteiger partial charge is 0.268 e. The molecular weight excluding hydrogens is 483 g/mol. The maximum Gasteiger partial charge on any atom is 0.268 e. The molecule has 36 heavy (non-hydrogen) atoms. The predicted octanol–water partition coefficient (Wildman–Crippen LogP) is 4.33. The topological polar surface area (TPSA) is 101 Å². The third-order valence-corrected chi connectivity index (χ3v) is 7.71. The summed E-state index contributed by atoms with van der Waals surface area (Å²) in [6.07, 6.45) is 4.54. The van der Waals surface area contributed by atoms with Crippen molar-refractivity contribution in [1.29, 1.82) is 0 Å². The summed E-state index contributed by atoms with van der Waals surface area (Å²) in [6, 6.07) is 7.67. The molecule has 0 spiro atoms.